The van der Waals surface area contributed by atoms with E-state index in [0.29, 0.717) is 19.1 Å². The lowest BCUT2D eigenvalue weighted by Crippen LogP contribution is -2.36. The average Bonchev–Trinajstić information content (AvgIpc) is 2.56. The van der Waals surface area contributed by atoms with Crippen LogP contribution in [0, 0.1) is 5.92 Å². The second-order valence-electron chi connectivity index (χ2n) is 6.37. The van der Waals surface area contributed by atoms with Gasteiger partial charge in [0.15, 0.2) is 0 Å². The summed E-state index contributed by atoms with van der Waals surface area (Å²) in [4.78, 5) is 25.2. The molecule has 1 saturated heterocycles. The van der Waals surface area contributed by atoms with Gasteiger partial charge in [-0.15, -0.1) is 0 Å². The van der Waals surface area contributed by atoms with Crippen molar-refractivity contribution in [3.05, 3.63) is 12.2 Å². The summed E-state index contributed by atoms with van der Waals surface area (Å²) in [5.41, 5.74) is 0. The van der Waals surface area contributed by atoms with E-state index in [2.05, 4.69) is 18.7 Å². The van der Waals surface area contributed by atoms with E-state index in [4.69, 9.17) is 14.2 Å². The van der Waals surface area contributed by atoms with Gasteiger partial charge in [-0.2, -0.15) is 0 Å². The summed E-state index contributed by atoms with van der Waals surface area (Å²) in [5, 5.41) is 0. The van der Waals surface area contributed by atoms with Crippen molar-refractivity contribution < 1.29 is 23.8 Å². The van der Waals surface area contributed by atoms with Gasteiger partial charge in [0.1, 0.15) is 0 Å². The van der Waals surface area contributed by atoms with Crippen LogP contribution in [0.2, 0.25) is 0 Å². The van der Waals surface area contributed by atoms with Gasteiger partial charge in [0.25, 0.3) is 0 Å². The zero-order valence-corrected chi connectivity index (χ0v) is 15.0. The van der Waals surface area contributed by atoms with Crippen LogP contribution in [-0.4, -0.2) is 62.9 Å². The van der Waals surface area contributed by atoms with E-state index in [-0.39, 0.29) is 0 Å². The van der Waals surface area contributed by atoms with E-state index in [1.807, 2.05) is 0 Å². The second kappa shape index (κ2) is 13.0. The predicted octanol–water partition coefficient (Wildman–Crippen LogP) is 2.18. The Morgan fingerprint density at radius 1 is 1.00 bits per heavy atom. The maximum atomic E-state index is 11.5. The van der Waals surface area contributed by atoms with Crippen LogP contribution < -0.4 is 0 Å². The van der Waals surface area contributed by atoms with E-state index in [1.165, 1.54) is 0 Å². The SMILES string of the molecule is CC(C)CCOC(=O)/C=C/C(=O)OCCCCCN1CCOCC1. The highest BCUT2D eigenvalue weighted by Gasteiger charge is 2.09. The minimum Gasteiger partial charge on any atom is -0.463 e. The number of esters is 2. The largest absolute Gasteiger partial charge is 0.463 e. The van der Waals surface area contributed by atoms with Gasteiger partial charge in [-0.25, -0.2) is 9.59 Å². The van der Waals surface area contributed by atoms with Gasteiger partial charge in [-0.3, -0.25) is 4.90 Å². The number of nitrogens with zero attached hydrogens (tertiary/aromatic N) is 1. The molecular formula is C18H31NO5. The molecule has 1 rings (SSSR count). The third-order valence-electron chi connectivity index (χ3n) is 3.76. The maximum absolute atomic E-state index is 11.5. The van der Waals surface area contributed by atoms with Crippen molar-refractivity contribution in [3.63, 3.8) is 0 Å². The molecule has 0 spiro atoms. The molecule has 138 valence electrons. The van der Waals surface area contributed by atoms with Crippen molar-refractivity contribution >= 4 is 11.9 Å². The van der Waals surface area contributed by atoms with Gasteiger partial charge < -0.3 is 14.2 Å². The minimum absolute atomic E-state index is 0.374. The van der Waals surface area contributed by atoms with Gasteiger partial charge in [0.2, 0.25) is 0 Å². The number of carbonyl (C=O) groups is 2. The molecule has 1 heterocycles. The maximum Gasteiger partial charge on any atom is 0.331 e. The molecule has 6 heteroatoms. The van der Waals surface area contributed by atoms with E-state index < -0.39 is 11.9 Å². The summed E-state index contributed by atoms with van der Waals surface area (Å²) < 4.78 is 15.3. The molecule has 0 atom stereocenters. The van der Waals surface area contributed by atoms with Crippen molar-refractivity contribution in [1.82, 2.24) is 4.90 Å². The van der Waals surface area contributed by atoms with Crippen molar-refractivity contribution in [2.75, 3.05) is 46.1 Å². The van der Waals surface area contributed by atoms with E-state index in [9.17, 15) is 9.59 Å². The number of ether oxygens (including phenoxy) is 3. The Balaban J connectivity index is 1.96. The first-order chi connectivity index (χ1) is 11.6. The van der Waals surface area contributed by atoms with Gasteiger partial charge in [-0.05, 0) is 38.1 Å². The summed E-state index contributed by atoms with van der Waals surface area (Å²) in [7, 11) is 0. The minimum atomic E-state index is -0.502. The smallest absolute Gasteiger partial charge is 0.331 e. The zero-order chi connectivity index (χ0) is 17.6. The first kappa shape index (κ1) is 20.6. The number of hydrogen-bond donors (Lipinski definition) is 0. The molecule has 0 saturated carbocycles. The average molecular weight is 341 g/mol. The van der Waals surface area contributed by atoms with Gasteiger partial charge >= 0.3 is 11.9 Å². The monoisotopic (exact) mass is 341 g/mol. The highest BCUT2D eigenvalue weighted by molar-refractivity contribution is 5.91. The lowest BCUT2D eigenvalue weighted by Gasteiger charge is -2.26. The number of unbranched alkanes of at least 4 members (excludes halogenated alkanes) is 2. The van der Waals surface area contributed by atoms with E-state index in [1.54, 1.807) is 0 Å². The van der Waals surface area contributed by atoms with E-state index in [0.717, 1.165) is 70.7 Å². The fourth-order valence-electron chi connectivity index (χ4n) is 2.24. The normalized spacial score (nSPS) is 15.8. The molecule has 0 amide bonds. The Bertz CT molecular complexity index is 389. The number of hydrogen-bond acceptors (Lipinski definition) is 6. The van der Waals surface area contributed by atoms with Crippen LogP contribution in [0.3, 0.4) is 0 Å². The molecule has 1 fully saturated rings. The first-order valence-electron chi connectivity index (χ1n) is 8.89. The third-order valence-corrected chi connectivity index (χ3v) is 3.76. The fraction of sp³-hybridized carbons (Fsp3) is 0.778. The molecule has 0 radical (unpaired) electrons. The van der Waals surface area contributed by atoms with Crippen LogP contribution in [0.5, 0.6) is 0 Å². The Hall–Kier alpha value is -1.40. The van der Waals surface area contributed by atoms with Crippen LogP contribution in [-0.2, 0) is 23.8 Å². The lowest BCUT2D eigenvalue weighted by atomic mass is 10.1. The molecule has 1 aliphatic rings. The van der Waals surface area contributed by atoms with Gasteiger partial charge in [0.05, 0.1) is 26.4 Å². The Morgan fingerprint density at radius 3 is 2.25 bits per heavy atom. The summed E-state index contributed by atoms with van der Waals surface area (Å²) in [5.74, 6) is -0.517. The molecular weight excluding hydrogens is 310 g/mol. The fourth-order valence-corrected chi connectivity index (χ4v) is 2.24. The van der Waals surface area contributed by atoms with Crippen molar-refractivity contribution in [2.24, 2.45) is 5.92 Å². The predicted molar refractivity (Wildman–Crippen MR) is 91.6 cm³/mol. The molecule has 0 bridgehead atoms. The van der Waals surface area contributed by atoms with Crippen LogP contribution in [0.1, 0.15) is 39.5 Å². The molecule has 0 aromatic heterocycles. The highest BCUT2D eigenvalue weighted by Crippen LogP contribution is 2.03. The molecule has 0 N–H and O–H groups in total. The standard InChI is InChI=1S/C18H31NO5/c1-16(2)8-13-24-18(21)7-6-17(20)23-12-5-3-4-9-19-10-14-22-15-11-19/h6-7,16H,3-5,8-15H2,1-2H3/b7-6+. The van der Waals surface area contributed by atoms with Crippen LogP contribution in [0.25, 0.3) is 0 Å². The quantitative estimate of drug-likeness (QED) is 0.326. The molecule has 0 aromatic carbocycles. The molecule has 1 aliphatic heterocycles. The Morgan fingerprint density at radius 2 is 1.62 bits per heavy atom. The molecule has 0 aliphatic carbocycles. The number of carbonyl (C=O) groups excluding carboxylic acids is 2. The Kier molecular flexibility index (Phi) is 11.1. The summed E-state index contributed by atoms with van der Waals surface area (Å²) in [6.45, 7) is 9.60. The molecule has 24 heavy (non-hydrogen) atoms. The van der Waals surface area contributed by atoms with Crippen LogP contribution in [0.4, 0.5) is 0 Å². The number of rotatable bonds is 11. The lowest BCUT2D eigenvalue weighted by molar-refractivity contribution is -0.140. The van der Waals surface area contributed by atoms with Gasteiger partial charge in [-0.1, -0.05) is 13.8 Å². The van der Waals surface area contributed by atoms with Crippen molar-refractivity contribution in [1.29, 1.82) is 0 Å². The summed E-state index contributed by atoms with van der Waals surface area (Å²) in [6.07, 6.45) is 6.02. The van der Waals surface area contributed by atoms with Crippen LogP contribution >= 0.6 is 0 Å². The van der Waals surface area contributed by atoms with Crippen LogP contribution in [0.15, 0.2) is 12.2 Å². The van der Waals surface area contributed by atoms with Gasteiger partial charge in [0, 0.05) is 25.2 Å². The summed E-state index contributed by atoms with van der Waals surface area (Å²) in [6, 6.07) is 0. The van der Waals surface area contributed by atoms with Crippen molar-refractivity contribution in [2.45, 2.75) is 39.5 Å². The van der Waals surface area contributed by atoms with Crippen molar-refractivity contribution in [3.8, 4) is 0 Å². The Labute approximate surface area is 145 Å². The van der Waals surface area contributed by atoms with E-state index >= 15 is 0 Å². The topological polar surface area (TPSA) is 65.1 Å². The molecule has 0 unspecified atom stereocenters. The third kappa shape index (κ3) is 11.2. The number of morpholine rings is 1. The second-order valence-corrected chi connectivity index (χ2v) is 6.37. The summed E-state index contributed by atoms with van der Waals surface area (Å²) >= 11 is 0. The highest BCUT2D eigenvalue weighted by atomic mass is 16.5. The molecule has 6 nitrogen and oxygen atoms in total. The zero-order valence-electron chi connectivity index (χ0n) is 15.0. The molecule has 0 aromatic rings. The first-order valence-corrected chi connectivity index (χ1v) is 8.89.